The molecular weight excluding hydrogens is 208 g/mol. The topological polar surface area (TPSA) is 34.1 Å². The lowest BCUT2D eigenvalue weighted by Crippen LogP contribution is -2.38. The van der Waals surface area contributed by atoms with Crippen LogP contribution < -0.4 is 5.32 Å². The second-order valence-corrected chi connectivity index (χ2v) is 5.02. The lowest BCUT2D eigenvalue weighted by Gasteiger charge is -2.23. The van der Waals surface area contributed by atoms with E-state index in [4.69, 9.17) is 4.74 Å². The summed E-state index contributed by atoms with van der Waals surface area (Å²) >= 11 is 1.71. The highest BCUT2D eigenvalue weighted by molar-refractivity contribution is 7.09. The van der Waals surface area contributed by atoms with Crippen molar-refractivity contribution < 1.29 is 4.74 Å². The highest BCUT2D eigenvalue weighted by atomic mass is 32.1. The minimum absolute atomic E-state index is 0.387. The van der Waals surface area contributed by atoms with Gasteiger partial charge in [-0.3, -0.25) is 4.98 Å². The molecule has 0 aromatic carbocycles. The maximum absolute atomic E-state index is 5.47. The molecule has 3 atom stereocenters. The van der Waals surface area contributed by atoms with Crippen LogP contribution in [0, 0.1) is 0 Å². The van der Waals surface area contributed by atoms with Crippen molar-refractivity contribution in [2.24, 2.45) is 0 Å². The minimum atomic E-state index is 0.387. The van der Waals surface area contributed by atoms with Crippen LogP contribution in [0.25, 0.3) is 0 Å². The van der Waals surface area contributed by atoms with E-state index in [1.807, 2.05) is 18.8 Å². The van der Waals surface area contributed by atoms with Crippen molar-refractivity contribution >= 4 is 11.3 Å². The summed E-state index contributed by atoms with van der Waals surface area (Å²) in [5.41, 5.74) is 1.88. The third-order valence-electron chi connectivity index (χ3n) is 3.10. The van der Waals surface area contributed by atoms with Crippen molar-refractivity contribution in [1.29, 1.82) is 0 Å². The lowest BCUT2D eigenvalue weighted by molar-refractivity contribution is 0.0821. The van der Waals surface area contributed by atoms with Gasteiger partial charge in [0.15, 0.2) is 0 Å². The molecule has 1 aliphatic carbocycles. The van der Waals surface area contributed by atoms with Gasteiger partial charge in [-0.2, -0.15) is 0 Å². The zero-order valence-electron chi connectivity index (χ0n) is 9.27. The molecule has 15 heavy (non-hydrogen) atoms. The smallest absolute Gasteiger partial charge is 0.0794 e. The SMILES string of the molecule is COC1CCCC1NC(C)c1cncs1. The Labute approximate surface area is 94.9 Å². The molecule has 0 saturated heterocycles. The Bertz CT molecular complexity index is 289. The van der Waals surface area contributed by atoms with Gasteiger partial charge in [-0.15, -0.1) is 11.3 Å². The first-order valence-corrected chi connectivity index (χ1v) is 6.36. The number of nitrogens with zero attached hydrogens (tertiary/aromatic N) is 1. The molecule has 1 aromatic heterocycles. The average molecular weight is 226 g/mol. The Kier molecular flexibility index (Phi) is 3.72. The first-order chi connectivity index (χ1) is 7.31. The summed E-state index contributed by atoms with van der Waals surface area (Å²) < 4.78 is 5.47. The standard InChI is InChI=1S/C11H18N2OS/c1-8(11-6-12-7-15-11)13-9-4-3-5-10(9)14-2/h6-10,13H,3-5H2,1-2H3. The molecule has 0 spiro atoms. The van der Waals surface area contributed by atoms with E-state index >= 15 is 0 Å². The Balaban J connectivity index is 1.91. The van der Waals surface area contributed by atoms with Crippen LogP contribution in [0.1, 0.15) is 37.1 Å². The van der Waals surface area contributed by atoms with Gasteiger partial charge in [-0.05, 0) is 26.2 Å². The first-order valence-electron chi connectivity index (χ1n) is 5.48. The maximum atomic E-state index is 5.47. The van der Waals surface area contributed by atoms with E-state index in [0.717, 1.165) is 0 Å². The van der Waals surface area contributed by atoms with E-state index in [0.29, 0.717) is 18.2 Å². The molecule has 84 valence electrons. The Morgan fingerprint density at radius 1 is 1.60 bits per heavy atom. The largest absolute Gasteiger partial charge is 0.380 e. The molecule has 1 N–H and O–H groups in total. The van der Waals surface area contributed by atoms with Crippen molar-refractivity contribution in [2.45, 2.75) is 44.4 Å². The van der Waals surface area contributed by atoms with E-state index in [1.54, 1.807) is 11.3 Å². The van der Waals surface area contributed by atoms with Crippen LogP contribution in [-0.2, 0) is 4.74 Å². The van der Waals surface area contributed by atoms with Crippen molar-refractivity contribution in [2.75, 3.05) is 7.11 Å². The van der Waals surface area contributed by atoms with E-state index in [9.17, 15) is 0 Å². The minimum Gasteiger partial charge on any atom is -0.380 e. The van der Waals surface area contributed by atoms with Crippen LogP contribution in [0.3, 0.4) is 0 Å². The Hall–Kier alpha value is -0.450. The van der Waals surface area contributed by atoms with Crippen molar-refractivity contribution in [3.05, 3.63) is 16.6 Å². The zero-order valence-corrected chi connectivity index (χ0v) is 10.1. The number of methoxy groups -OCH3 is 1. The zero-order chi connectivity index (χ0) is 10.7. The predicted octanol–water partition coefficient (Wildman–Crippen LogP) is 2.36. The summed E-state index contributed by atoms with van der Waals surface area (Å²) in [5, 5.41) is 3.63. The molecular formula is C11H18N2OS. The molecule has 0 amide bonds. The summed E-state index contributed by atoms with van der Waals surface area (Å²) in [6, 6.07) is 0.894. The van der Waals surface area contributed by atoms with Gasteiger partial charge < -0.3 is 10.1 Å². The van der Waals surface area contributed by atoms with Crippen LogP contribution in [0.15, 0.2) is 11.7 Å². The van der Waals surface area contributed by atoms with Crippen LogP contribution in [0.2, 0.25) is 0 Å². The molecule has 1 saturated carbocycles. The number of rotatable bonds is 4. The van der Waals surface area contributed by atoms with E-state index in [2.05, 4.69) is 17.2 Å². The molecule has 3 nitrogen and oxygen atoms in total. The van der Waals surface area contributed by atoms with Gasteiger partial charge in [-0.25, -0.2) is 0 Å². The van der Waals surface area contributed by atoms with Crippen LogP contribution >= 0.6 is 11.3 Å². The van der Waals surface area contributed by atoms with Gasteiger partial charge in [0.25, 0.3) is 0 Å². The molecule has 1 aliphatic rings. The Morgan fingerprint density at radius 2 is 2.47 bits per heavy atom. The molecule has 1 heterocycles. The first kappa shape index (κ1) is 11.0. The van der Waals surface area contributed by atoms with Gasteiger partial charge >= 0.3 is 0 Å². The lowest BCUT2D eigenvalue weighted by atomic mass is 10.1. The summed E-state index contributed by atoms with van der Waals surface area (Å²) in [5.74, 6) is 0. The molecule has 2 rings (SSSR count). The fourth-order valence-electron chi connectivity index (χ4n) is 2.24. The van der Waals surface area contributed by atoms with Gasteiger partial charge in [0.1, 0.15) is 0 Å². The molecule has 1 fully saturated rings. The monoisotopic (exact) mass is 226 g/mol. The molecule has 0 radical (unpaired) electrons. The van der Waals surface area contributed by atoms with Gasteiger partial charge in [0, 0.05) is 30.3 Å². The third kappa shape index (κ3) is 2.56. The van der Waals surface area contributed by atoms with E-state index in [1.165, 1.54) is 24.1 Å². The predicted molar refractivity (Wildman–Crippen MR) is 62.1 cm³/mol. The summed E-state index contributed by atoms with van der Waals surface area (Å²) in [7, 11) is 1.81. The molecule has 4 heteroatoms. The quantitative estimate of drug-likeness (QED) is 0.856. The highest BCUT2D eigenvalue weighted by Crippen LogP contribution is 2.25. The maximum Gasteiger partial charge on any atom is 0.0794 e. The molecule has 0 aliphatic heterocycles. The fourth-order valence-corrected chi connectivity index (χ4v) is 2.88. The second kappa shape index (κ2) is 5.05. The number of hydrogen-bond donors (Lipinski definition) is 1. The van der Waals surface area contributed by atoms with Crippen molar-refractivity contribution in [3.8, 4) is 0 Å². The normalized spacial score (nSPS) is 28.1. The van der Waals surface area contributed by atoms with Crippen molar-refractivity contribution in [1.82, 2.24) is 10.3 Å². The van der Waals surface area contributed by atoms with E-state index in [-0.39, 0.29) is 0 Å². The van der Waals surface area contributed by atoms with Crippen LogP contribution in [0.4, 0.5) is 0 Å². The number of aromatic nitrogens is 1. The van der Waals surface area contributed by atoms with Gasteiger partial charge in [0.05, 0.1) is 11.6 Å². The highest BCUT2D eigenvalue weighted by Gasteiger charge is 2.28. The molecule has 1 aromatic rings. The van der Waals surface area contributed by atoms with Crippen molar-refractivity contribution in [3.63, 3.8) is 0 Å². The number of hydrogen-bond acceptors (Lipinski definition) is 4. The number of nitrogens with one attached hydrogen (secondary N) is 1. The summed E-state index contributed by atoms with van der Waals surface area (Å²) in [6.07, 6.45) is 6.01. The fraction of sp³-hybridized carbons (Fsp3) is 0.727. The average Bonchev–Trinajstić information content (AvgIpc) is 2.87. The van der Waals surface area contributed by atoms with Gasteiger partial charge in [0.2, 0.25) is 0 Å². The Morgan fingerprint density at radius 3 is 3.13 bits per heavy atom. The van der Waals surface area contributed by atoms with Crippen LogP contribution in [0.5, 0.6) is 0 Å². The summed E-state index contributed by atoms with van der Waals surface area (Å²) in [4.78, 5) is 5.41. The summed E-state index contributed by atoms with van der Waals surface area (Å²) in [6.45, 7) is 2.19. The van der Waals surface area contributed by atoms with Gasteiger partial charge in [-0.1, -0.05) is 0 Å². The number of ether oxygens (including phenoxy) is 1. The number of thiazole rings is 1. The van der Waals surface area contributed by atoms with Crippen LogP contribution in [-0.4, -0.2) is 24.2 Å². The third-order valence-corrected chi connectivity index (χ3v) is 4.06. The van der Waals surface area contributed by atoms with E-state index < -0.39 is 0 Å². The second-order valence-electron chi connectivity index (χ2n) is 4.10. The molecule has 3 unspecified atom stereocenters. The molecule has 0 bridgehead atoms.